The smallest absolute Gasteiger partial charge is 0.00389 e. The lowest BCUT2D eigenvalue weighted by molar-refractivity contribution is 0.679. The molecule has 0 aromatic heterocycles. The molecule has 2 aliphatic carbocycles. The van der Waals surface area contributed by atoms with Crippen molar-refractivity contribution in [1.82, 2.24) is 0 Å². The first-order chi connectivity index (χ1) is 13.1. The lowest BCUT2D eigenvalue weighted by Crippen LogP contribution is -2.00. The molecule has 4 atom stereocenters. The Labute approximate surface area is 165 Å². The number of benzene rings is 2. The Kier molecular flexibility index (Phi) is 5.08. The Balaban J connectivity index is 1.68. The fraction of sp³-hybridized carbons (Fsp3) is 0.407. The van der Waals surface area contributed by atoms with Crippen LogP contribution in [0.3, 0.4) is 0 Å². The summed E-state index contributed by atoms with van der Waals surface area (Å²) in [6, 6.07) is 18.2. The van der Waals surface area contributed by atoms with E-state index in [1.807, 2.05) is 0 Å². The molecule has 0 heterocycles. The van der Waals surface area contributed by atoms with Gasteiger partial charge in [0.15, 0.2) is 0 Å². The number of hydrogen-bond donors (Lipinski definition) is 0. The highest BCUT2D eigenvalue weighted by Gasteiger charge is 2.31. The van der Waals surface area contributed by atoms with Gasteiger partial charge in [-0.3, -0.25) is 0 Å². The van der Waals surface area contributed by atoms with Gasteiger partial charge in [-0.15, -0.1) is 0 Å². The molecule has 2 aliphatic rings. The van der Waals surface area contributed by atoms with E-state index in [1.165, 1.54) is 41.5 Å². The van der Waals surface area contributed by atoms with Crippen LogP contribution in [-0.2, 0) is 0 Å². The van der Waals surface area contributed by atoms with Gasteiger partial charge in [0, 0.05) is 11.8 Å². The standard InChI is InChI=1S/C27H32/c1-5-18(3)26-16-20(22-11-7-9-13-24(22)26)15-21-17-27(19(4)6-2)25-14-10-8-12-23(21)25/h7-14,16-21H,5-6,15H2,1-4H3. The first-order valence-corrected chi connectivity index (χ1v) is 10.8. The second-order valence-corrected chi connectivity index (χ2v) is 8.49. The maximum atomic E-state index is 2.58. The molecule has 4 unspecified atom stereocenters. The van der Waals surface area contributed by atoms with Crippen LogP contribution in [0.4, 0.5) is 0 Å². The van der Waals surface area contributed by atoms with E-state index in [4.69, 9.17) is 0 Å². The summed E-state index contributed by atoms with van der Waals surface area (Å²) in [7, 11) is 0. The van der Waals surface area contributed by atoms with Gasteiger partial charge in [-0.2, -0.15) is 0 Å². The minimum atomic E-state index is 0.538. The average molecular weight is 357 g/mol. The molecule has 4 rings (SSSR count). The van der Waals surface area contributed by atoms with Gasteiger partial charge in [0.1, 0.15) is 0 Å². The van der Waals surface area contributed by atoms with E-state index in [9.17, 15) is 0 Å². The molecule has 0 radical (unpaired) electrons. The van der Waals surface area contributed by atoms with Crippen molar-refractivity contribution in [3.63, 3.8) is 0 Å². The third-order valence-electron chi connectivity index (χ3n) is 6.90. The molecule has 0 N–H and O–H groups in total. The van der Waals surface area contributed by atoms with Gasteiger partial charge in [0.2, 0.25) is 0 Å². The third kappa shape index (κ3) is 3.20. The van der Waals surface area contributed by atoms with E-state index in [0.29, 0.717) is 23.7 Å². The van der Waals surface area contributed by atoms with Crippen molar-refractivity contribution in [3.8, 4) is 0 Å². The summed E-state index contributed by atoms with van der Waals surface area (Å²) >= 11 is 0. The first kappa shape index (κ1) is 18.3. The Morgan fingerprint density at radius 3 is 1.48 bits per heavy atom. The number of fused-ring (bicyclic) bond motifs is 2. The SMILES string of the molecule is CCC(C)C1=CC(CC2C=C(C(C)CC)c3ccccc32)c2ccccc21. The average Bonchev–Trinajstić information content (AvgIpc) is 3.26. The summed E-state index contributed by atoms with van der Waals surface area (Å²) in [4.78, 5) is 0. The lowest BCUT2D eigenvalue weighted by atomic mass is 9.87. The zero-order valence-corrected chi connectivity index (χ0v) is 17.2. The third-order valence-corrected chi connectivity index (χ3v) is 6.90. The summed E-state index contributed by atoms with van der Waals surface area (Å²) in [5, 5.41) is 0. The molecule has 2 aromatic carbocycles. The van der Waals surface area contributed by atoms with Gasteiger partial charge < -0.3 is 0 Å². The predicted molar refractivity (Wildman–Crippen MR) is 118 cm³/mol. The van der Waals surface area contributed by atoms with Crippen molar-refractivity contribution in [2.45, 2.75) is 58.8 Å². The van der Waals surface area contributed by atoms with E-state index >= 15 is 0 Å². The van der Waals surface area contributed by atoms with Crippen molar-refractivity contribution < 1.29 is 0 Å². The molecule has 0 saturated heterocycles. The Hall–Kier alpha value is -2.08. The fourth-order valence-electron chi connectivity index (χ4n) is 4.92. The zero-order chi connectivity index (χ0) is 19.0. The predicted octanol–water partition coefficient (Wildman–Crippen LogP) is 7.83. The Morgan fingerprint density at radius 1 is 0.667 bits per heavy atom. The Morgan fingerprint density at radius 2 is 1.07 bits per heavy atom. The minimum absolute atomic E-state index is 0.538. The molecule has 0 nitrogen and oxygen atoms in total. The molecule has 0 aliphatic heterocycles. The van der Waals surface area contributed by atoms with E-state index in [1.54, 1.807) is 11.1 Å². The number of allylic oxidation sites excluding steroid dienone is 4. The van der Waals surface area contributed by atoms with Crippen LogP contribution in [-0.4, -0.2) is 0 Å². The van der Waals surface area contributed by atoms with Crippen LogP contribution in [0.5, 0.6) is 0 Å². The molecule has 2 aromatic rings. The van der Waals surface area contributed by atoms with Crippen molar-refractivity contribution in [3.05, 3.63) is 82.9 Å². The summed E-state index contributed by atoms with van der Waals surface area (Å²) < 4.78 is 0. The van der Waals surface area contributed by atoms with Crippen molar-refractivity contribution in [2.24, 2.45) is 11.8 Å². The molecular weight excluding hydrogens is 324 g/mol. The molecule has 0 fully saturated rings. The van der Waals surface area contributed by atoms with Gasteiger partial charge >= 0.3 is 0 Å². The number of hydrogen-bond acceptors (Lipinski definition) is 0. The molecule has 0 spiro atoms. The topological polar surface area (TPSA) is 0 Å². The summed E-state index contributed by atoms with van der Waals surface area (Å²) in [6.45, 7) is 9.35. The monoisotopic (exact) mass is 356 g/mol. The second kappa shape index (κ2) is 7.50. The van der Waals surface area contributed by atoms with Crippen LogP contribution in [0, 0.1) is 11.8 Å². The van der Waals surface area contributed by atoms with Crippen LogP contribution in [0.25, 0.3) is 11.1 Å². The second-order valence-electron chi connectivity index (χ2n) is 8.49. The van der Waals surface area contributed by atoms with Crippen LogP contribution in [0.15, 0.2) is 60.7 Å². The highest BCUT2D eigenvalue weighted by atomic mass is 14.3. The van der Waals surface area contributed by atoms with Crippen LogP contribution >= 0.6 is 0 Å². The normalized spacial score (nSPS) is 22.7. The van der Waals surface area contributed by atoms with E-state index in [-0.39, 0.29) is 0 Å². The lowest BCUT2D eigenvalue weighted by Gasteiger charge is -2.16. The largest absolute Gasteiger partial charge is 0.0729 e. The quantitative estimate of drug-likeness (QED) is 0.494. The first-order valence-electron chi connectivity index (χ1n) is 10.8. The molecule has 0 heteroatoms. The molecule has 140 valence electrons. The molecule has 27 heavy (non-hydrogen) atoms. The fourth-order valence-corrected chi connectivity index (χ4v) is 4.92. The van der Waals surface area contributed by atoms with Crippen LogP contribution in [0.2, 0.25) is 0 Å². The Bertz CT molecular complexity index is 809. The molecule has 0 amide bonds. The van der Waals surface area contributed by atoms with Crippen LogP contribution in [0.1, 0.15) is 81.0 Å². The van der Waals surface area contributed by atoms with Gasteiger partial charge in [0.25, 0.3) is 0 Å². The van der Waals surface area contributed by atoms with Gasteiger partial charge in [0.05, 0.1) is 0 Å². The van der Waals surface area contributed by atoms with E-state index in [2.05, 4.69) is 88.4 Å². The molecule has 0 saturated carbocycles. The van der Waals surface area contributed by atoms with Gasteiger partial charge in [-0.25, -0.2) is 0 Å². The highest BCUT2D eigenvalue weighted by molar-refractivity contribution is 5.78. The van der Waals surface area contributed by atoms with Crippen LogP contribution < -0.4 is 0 Å². The minimum Gasteiger partial charge on any atom is -0.0729 e. The molecule has 0 bridgehead atoms. The summed E-state index contributed by atoms with van der Waals surface area (Å²) in [6.07, 6.45) is 8.76. The van der Waals surface area contributed by atoms with Crippen molar-refractivity contribution in [2.75, 3.05) is 0 Å². The van der Waals surface area contributed by atoms with Crippen molar-refractivity contribution in [1.29, 1.82) is 0 Å². The van der Waals surface area contributed by atoms with Crippen molar-refractivity contribution >= 4 is 11.1 Å². The van der Waals surface area contributed by atoms with E-state index in [0.717, 1.165) is 0 Å². The highest BCUT2D eigenvalue weighted by Crippen LogP contribution is 2.48. The maximum Gasteiger partial charge on any atom is 0.00389 e. The van der Waals surface area contributed by atoms with E-state index < -0.39 is 0 Å². The van der Waals surface area contributed by atoms with Gasteiger partial charge in [-0.1, -0.05) is 88.4 Å². The maximum absolute atomic E-state index is 2.58. The molecular formula is C27H32. The zero-order valence-electron chi connectivity index (χ0n) is 17.2. The summed E-state index contributed by atoms with van der Waals surface area (Å²) in [5.74, 6) is 2.35. The van der Waals surface area contributed by atoms with Gasteiger partial charge in [-0.05, 0) is 64.5 Å². The summed E-state index contributed by atoms with van der Waals surface area (Å²) in [5.41, 5.74) is 9.20. The number of rotatable bonds is 6.